The van der Waals surface area contributed by atoms with Crippen LogP contribution in [-0.4, -0.2) is 0 Å². The van der Waals surface area contributed by atoms with Crippen molar-refractivity contribution >= 4 is 23.7 Å². The van der Waals surface area contributed by atoms with Crippen molar-refractivity contribution in [3.8, 4) is 0 Å². The fourth-order valence-electron chi connectivity index (χ4n) is 1.36. The summed E-state index contributed by atoms with van der Waals surface area (Å²) in [6.07, 6.45) is 1.05. The third-order valence-electron chi connectivity index (χ3n) is 1.98. The maximum atomic E-state index is 4.26. The largest absolute Gasteiger partial charge is 0.213 e. The minimum atomic E-state index is 0. The Morgan fingerprint density at radius 1 is 0.938 bits per heavy atom. The van der Waals surface area contributed by atoms with Gasteiger partial charge in [0.1, 0.15) is 0 Å². The summed E-state index contributed by atoms with van der Waals surface area (Å²) in [7, 11) is 0. The number of hydrogen-bond donors (Lipinski definition) is 0. The van der Waals surface area contributed by atoms with E-state index < -0.39 is 0 Å². The van der Waals surface area contributed by atoms with Crippen LogP contribution in [0.3, 0.4) is 0 Å². The molecule has 0 aromatic heterocycles. The van der Waals surface area contributed by atoms with Crippen LogP contribution in [0.5, 0.6) is 0 Å². The van der Waals surface area contributed by atoms with Crippen molar-refractivity contribution in [2.75, 3.05) is 0 Å². The van der Waals surface area contributed by atoms with Gasteiger partial charge in [0.05, 0.1) is 23.7 Å². The zero-order chi connectivity index (χ0) is 10.9. The molecule has 0 unspecified atom stereocenters. The van der Waals surface area contributed by atoms with E-state index >= 15 is 0 Å². The second kappa shape index (κ2) is 9.89. The minimum absolute atomic E-state index is 0. The van der Waals surface area contributed by atoms with Gasteiger partial charge in [-0.2, -0.15) is 21.5 Å². The number of rotatable bonds is 2. The van der Waals surface area contributed by atoms with E-state index in [2.05, 4.69) is 82.2 Å². The third-order valence-corrected chi connectivity index (χ3v) is 1.98. The third kappa shape index (κ3) is 6.31. The Kier molecular flexibility index (Phi) is 9.70. The van der Waals surface area contributed by atoms with Crippen molar-refractivity contribution in [2.45, 2.75) is 6.42 Å². The Hall–Kier alpha value is -0.306. The SMILES string of the molecule is ClOCl.[V].c1ccc(C[c-]2cccc2)cc1. The maximum Gasteiger partial charge on any atom is 0.0832 e. The zero-order valence-electron chi connectivity index (χ0n) is 8.51. The van der Waals surface area contributed by atoms with E-state index in [4.69, 9.17) is 0 Å². The molecular formula is C12H11Cl2OV-. The van der Waals surface area contributed by atoms with Crippen LogP contribution in [0.15, 0.2) is 54.6 Å². The Morgan fingerprint density at radius 3 is 1.94 bits per heavy atom. The van der Waals surface area contributed by atoms with Gasteiger partial charge in [-0.15, -0.1) is 0 Å². The predicted molar refractivity (Wildman–Crippen MR) is 64.1 cm³/mol. The van der Waals surface area contributed by atoms with Crippen LogP contribution in [0.2, 0.25) is 0 Å². The van der Waals surface area contributed by atoms with Gasteiger partial charge < -0.3 is 0 Å². The summed E-state index contributed by atoms with van der Waals surface area (Å²) in [6, 6.07) is 19.0. The molecule has 0 aliphatic carbocycles. The van der Waals surface area contributed by atoms with Crippen LogP contribution >= 0.6 is 23.7 Å². The molecule has 0 atom stereocenters. The van der Waals surface area contributed by atoms with Gasteiger partial charge in [-0.3, -0.25) is 0 Å². The molecule has 0 fully saturated rings. The van der Waals surface area contributed by atoms with Gasteiger partial charge in [-0.25, -0.2) is 12.1 Å². The molecule has 85 valence electrons. The van der Waals surface area contributed by atoms with Crippen LogP contribution < -0.4 is 0 Å². The first-order valence-electron chi connectivity index (χ1n) is 4.50. The first-order chi connectivity index (χ1) is 7.36. The van der Waals surface area contributed by atoms with Crippen molar-refractivity contribution in [1.82, 2.24) is 0 Å². The Bertz CT molecular complexity index is 348. The molecule has 0 N–H and O–H groups in total. The quantitative estimate of drug-likeness (QED) is 0.750. The Labute approximate surface area is 118 Å². The summed E-state index contributed by atoms with van der Waals surface area (Å²) in [6.45, 7) is 0. The zero-order valence-corrected chi connectivity index (χ0v) is 11.4. The van der Waals surface area contributed by atoms with Crippen LogP contribution in [0, 0.1) is 0 Å². The second-order valence-electron chi connectivity index (χ2n) is 3.01. The molecular weight excluding hydrogens is 282 g/mol. The van der Waals surface area contributed by atoms with E-state index in [9.17, 15) is 0 Å². The molecule has 0 spiro atoms. The number of hydrogen-bond acceptors (Lipinski definition) is 1. The Morgan fingerprint density at radius 2 is 1.44 bits per heavy atom. The van der Waals surface area contributed by atoms with Crippen molar-refractivity contribution < 1.29 is 22.4 Å². The minimum Gasteiger partial charge on any atom is -0.213 e. The van der Waals surface area contributed by atoms with Crippen LogP contribution in [0.4, 0.5) is 0 Å². The number of halogens is 2. The van der Waals surface area contributed by atoms with E-state index in [-0.39, 0.29) is 18.6 Å². The summed E-state index contributed by atoms with van der Waals surface area (Å²) >= 11 is 8.53. The molecule has 2 aromatic carbocycles. The van der Waals surface area contributed by atoms with Gasteiger partial charge in [0.15, 0.2) is 0 Å². The summed E-state index contributed by atoms with van der Waals surface area (Å²) in [4.78, 5) is 0. The van der Waals surface area contributed by atoms with Crippen molar-refractivity contribution in [3.05, 3.63) is 65.7 Å². The van der Waals surface area contributed by atoms with Crippen molar-refractivity contribution in [1.29, 1.82) is 0 Å². The van der Waals surface area contributed by atoms with E-state index in [1.807, 2.05) is 0 Å². The molecule has 16 heavy (non-hydrogen) atoms. The molecule has 2 aromatic rings. The molecule has 2 rings (SSSR count). The monoisotopic (exact) mass is 292 g/mol. The summed E-state index contributed by atoms with van der Waals surface area (Å²) in [5.41, 5.74) is 2.77. The van der Waals surface area contributed by atoms with Crippen LogP contribution in [0.1, 0.15) is 11.1 Å². The van der Waals surface area contributed by atoms with Gasteiger partial charge in [-0.1, -0.05) is 35.9 Å². The van der Waals surface area contributed by atoms with Gasteiger partial charge >= 0.3 is 0 Å². The topological polar surface area (TPSA) is 9.23 Å². The molecule has 1 radical (unpaired) electrons. The smallest absolute Gasteiger partial charge is 0.0832 e. The van der Waals surface area contributed by atoms with Crippen LogP contribution in [0.25, 0.3) is 0 Å². The van der Waals surface area contributed by atoms with E-state index in [1.54, 1.807) is 0 Å². The van der Waals surface area contributed by atoms with Crippen molar-refractivity contribution in [2.24, 2.45) is 0 Å². The van der Waals surface area contributed by atoms with E-state index in [1.165, 1.54) is 11.1 Å². The molecule has 0 bridgehead atoms. The maximum absolute atomic E-state index is 4.26. The Balaban J connectivity index is 0.000000511. The molecule has 0 aliphatic rings. The molecule has 0 amide bonds. The van der Waals surface area contributed by atoms with Gasteiger partial charge in [-0.05, 0) is 6.42 Å². The predicted octanol–water partition coefficient (Wildman–Crippen LogP) is 4.30. The molecule has 0 saturated carbocycles. The number of benzene rings is 1. The average Bonchev–Trinajstić information content (AvgIpc) is 2.73. The van der Waals surface area contributed by atoms with Crippen molar-refractivity contribution in [3.63, 3.8) is 0 Å². The first kappa shape index (κ1) is 15.7. The van der Waals surface area contributed by atoms with E-state index in [0.717, 1.165) is 6.42 Å². The fraction of sp³-hybridized carbons (Fsp3) is 0.0833. The second-order valence-corrected chi connectivity index (χ2v) is 3.48. The average molecular weight is 293 g/mol. The summed E-state index contributed by atoms with van der Waals surface area (Å²) in [5.74, 6) is 0. The molecule has 4 heteroatoms. The van der Waals surface area contributed by atoms with Crippen LogP contribution in [-0.2, 0) is 28.8 Å². The first-order valence-corrected chi connectivity index (χ1v) is 5.12. The molecule has 0 aliphatic heterocycles. The van der Waals surface area contributed by atoms with Gasteiger partial charge in [0, 0.05) is 18.6 Å². The molecule has 1 nitrogen and oxygen atoms in total. The summed E-state index contributed by atoms with van der Waals surface area (Å²) in [5, 5.41) is 0. The van der Waals surface area contributed by atoms with Gasteiger partial charge in [0.2, 0.25) is 0 Å². The van der Waals surface area contributed by atoms with Gasteiger partial charge in [0.25, 0.3) is 0 Å². The normalized spacial score (nSPS) is 8.62. The van der Waals surface area contributed by atoms with E-state index in [0.29, 0.717) is 0 Å². The standard InChI is InChI=1S/C12H11.Cl2O.V/c1-2-6-11(7-3-1)10-12-8-4-5-9-12;1-3-2;/h1-9H,10H2;;/q-1;;. The summed E-state index contributed by atoms with van der Waals surface area (Å²) < 4.78 is 3.19. The molecule has 0 saturated heterocycles. The fourth-order valence-corrected chi connectivity index (χ4v) is 1.36. The molecule has 0 heterocycles.